The number of rotatable bonds is 9. The Morgan fingerprint density at radius 3 is 2.22 bits per heavy atom. The lowest BCUT2D eigenvalue weighted by molar-refractivity contribution is -0.115. The summed E-state index contributed by atoms with van der Waals surface area (Å²) in [7, 11) is 0. The molecule has 10 nitrogen and oxygen atoms in total. The van der Waals surface area contributed by atoms with Crippen molar-refractivity contribution in [2.45, 2.75) is 13.5 Å². The van der Waals surface area contributed by atoms with Crippen LogP contribution in [0.25, 0.3) is 0 Å². The monoisotopic (exact) mass is 483 g/mol. The van der Waals surface area contributed by atoms with Crippen molar-refractivity contribution < 1.29 is 14.3 Å². The highest BCUT2D eigenvalue weighted by molar-refractivity contribution is 5.94. The molecule has 0 unspecified atom stereocenters. The molecular weight excluding hydrogens is 458 g/mol. The van der Waals surface area contributed by atoms with Crippen molar-refractivity contribution in [3.63, 3.8) is 0 Å². The van der Waals surface area contributed by atoms with Crippen LogP contribution in [-0.2, 0) is 16.1 Å². The average molecular weight is 484 g/mol. The first-order valence-electron chi connectivity index (χ1n) is 11.2. The molecule has 0 saturated carbocycles. The van der Waals surface area contributed by atoms with Crippen LogP contribution in [0.15, 0.2) is 85.1 Å². The number of carbonyl (C=O) groups is 2. The van der Waals surface area contributed by atoms with E-state index in [1.54, 1.807) is 43.5 Å². The van der Waals surface area contributed by atoms with E-state index in [4.69, 9.17) is 4.74 Å². The number of nitrogens with one attached hydrogen (secondary N) is 4. The van der Waals surface area contributed by atoms with Crippen molar-refractivity contribution >= 4 is 40.8 Å². The number of ether oxygens (including phenoxy) is 1. The van der Waals surface area contributed by atoms with Crippen LogP contribution in [0.1, 0.15) is 11.4 Å². The Bertz CT molecular complexity index is 1300. The molecule has 0 atom stereocenters. The van der Waals surface area contributed by atoms with Crippen LogP contribution < -0.4 is 21.3 Å². The Kier molecular flexibility index (Phi) is 8.00. The number of anilines is 5. The van der Waals surface area contributed by atoms with Gasteiger partial charge in [-0.1, -0.05) is 36.4 Å². The maximum atomic E-state index is 12.2. The van der Waals surface area contributed by atoms with E-state index in [-0.39, 0.29) is 19.1 Å². The zero-order valence-electron chi connectivity index (χ0n) is 19.6. The van der Waals surface area contributed by atoms with Crippen LogP contribution in [0.2, 0.25) is 0 Å². The van der Waals surface area contributed by atoms with Crippen molar-refractivity contribution in [3.05, 3.63) is 96.4 Å². The molecule has 0 bridgehead atoms. The van der Waals surface area contributed by atoms with Gasteiger partial charge in [-0.15, -0.1) is 0 Å². The van der Waals surface area contributed by atoms with Crippen LogP contribution >= 0.6 is 0 Å². The molecule has 0 spiro atoms. The Morgan fingerprint density at radius 2 is 1.50 bits per heavy atom. The second-order valence-electron chi connectivity index (χ2n) is 7.69. The van der Waals surface area contributed by atoms with Gasteiger partial charge in [0.15, 0.2) is 0 Å². The molecule has 0 aliphatic carbocycles. The number of nitrogens with zero attached hydrogens (tertiary/aromatic N) is 3. The molecule has 4 aromatic rings. The quantitative estimate of drug-likeness (QED) is 0.273. The zero-order chi connectivity index (χ0) is 25.2. The minimum Gasteiger partial charge on any atom is -0.445 e. The number of hydrogen-bond donors (Lipinski definition) is 4. The normalized spacial score (nSPS) is 10.2. The Balaban J connectivity index is 1.25. The van der Waals surface area contributed by atoms with E-state index in [1.807, 2.05) is 48.5 Å². The zero-order valence-corrected chi connectivity index (χ0v) is 19.6. The average Bonchev–Trinajstić information content (AvgIpc) is 2.88. The minimum absolute atomic E-state index is 0.134. The molecule has 0 aliphatic rings. The van der Waals surface area contributed by atoms with Gasteiger partial charge in [-0.2, -0.15) is 0 Å². The fourth-order valence-corrected chi connectivity index (χ4v) is 3.18. The van der Waals surface area contributed by atoms with E-state index in [9.17, 15) is 9.59 Å². The largest absolute Gasteiger partial charge is 0.445 e. The summed E-state index contributed by atoms with van der Waals surface area (Å²) < 4.78 is 5.09. The SMILES string of the molecule is Cc1nc(Nc2ccc(NC(=O)CNC(=O)OCc3ccccc3)cc2)cc(Nc2ccccn2)n1. The van der Waals surface area contributed by atoms with Crippen molar-refractivity contribution in [1.82, 2.24) is 20.3 Å². The number of carbonyl (C=O) groups excluding carboxylic acids is 2. The molecule has 0 saturated heterocycles. The smallest absolute Gasteiger partial charge is 0.407 e. The predicted octanol–water partition coefficient (Wildman–Crippen LogP) is 4.53. The summed E-state index contributed by atoms with van der Waals surface area (Å²) in [4.78, 5) is 37.0. The fraction of sp³-hybridized carbons (Fsp3) is 0.115. The van der Waals surface area contributed by atoms with Gasteiger partial charge >= 0.3 is 6.09 Å². The van der Waals surface area contributed by atoms with E-state index in [2.05, 4.69) is 36.2 Å². The molecular formula is C26H25N7O3. The third kappa shape index (κ3) is 7.52. The molecule has 2 aromatic heterocycles. The van der Waals surface area contributed by atoms with Crippen molar-refractivity contribution in [1.29, 1.82) is 0 Å². The topological polar surface area (TPSA) is 130 Å². The Labute approximate surface area is 208 Å². The van der Waals surface area contributed by atoms with Crippen molar-refractivity contribution in [3.8, 4) is 0 Å². The maximum absolute atomic E-state index is 12.2. The number of aromatic nitrogens is 3. The van der Waals surface area contributed by atoms with Crippen LogP contribution in [0.4, 0.5) is 33.6 Å². The molecule has 10 heteroatoms. The summed E-state index contributed by atoms with van der Waals surface area (Å²) in [6.45, 7) is 1.73. The summed E-state index contributed by atoms with van der Waals surface area (Å²) in [6.07, 6.45) is 1.04. The highest BCUT2D eigenvalue weighted by atomic mass is 16.5. The fourth-order valence-electron chi connectivity index (χ4n) is 3.18. The summed E-state index contributed by atoms with van der Waals surface area (Å²) in [5.41, 5.74) is 2.22. The second-order valence-corrected chi connectivity index (χ2v) is 7.69. The molecule has 0 radical (unpaired) electrons. The summed E-state index contributed by atoms with van der Waals surface area (Å²) >= 11 is 0. The predicted molar refractivity (Wildman–Crippen MR) is 137 cm³/mol. The van der Waals surface area contributed by atoms with Crippen molar-refractivity contribution in [2.24, 2.45) is 0 Å². The molecule has 4 rings (SSSR count). The first kappa shape index (κ1) is 24.1. The standard InChI is InChI=1S/C26H25N7O3/c1-18-29-23(15-24(30-18)33-22-9-5-6-14-27-22)31-20-10-12-21(13-11-20)32-25(34)16-28-26(35)36-17-19-7-3-2-4-8-19/h2-15H,16-17H2,1H3,(H,28,35)(H,32,34)(H2,27,29,30,31,33). The highest BCUT2D eigenvalue weighted by Gasteiger charge is 2.08. The van der Waals surface area contributed by atoms with Crippen LogP contribution in [0, 0.1) is 6.92 Å². The van der Waals surface area contributed by atoms with E-state index in [1.165, 1.54) is 0 Å². The number of hydrogen-bond acceptors (Lipinski definition) is 8. The number of aryl methyl sites for hydroxylation is 1. The van der Waals surface area contributed by atoms with Gasteiger partial charge < -0.3 is 26.0 Å². The van der Waals surface area contributed by atoms with Crippen LogP contribution in [0.3, 0.4) is 0 Å². The lowest BCUT2D eigenvalue weighted by Gasteiger charge is -2.11. The molecule has 2 heterocycles. The lowest BCUT2D eigenvalue weighted by atomic mass is 10.2. The summed E-state index contributed by atoms with van der Waals surface area (Å²) in [5, 5.41) is 11.5. The molecule has 0 aliphatic heterocycles. The van der Waals surface area contributed by atoms with Gasteiger partial charge in [-0.3, -0.25) is 4.79 Å². The van der Waals surface area contributed by atoms with Gasteiger partial charge in [-0.05, 0) is 48.9 Å². The first-order chi connectivity index (χ1) is 17.5. The van der Waals surface area contributed by atoms with E-state index in [0.29, 0.717) is 29.0 Å². The lowest BCUT2D eigenvalue weighted by Crippen LogP contribution is -2.33. The maximum Gasteiger partial charge on any atom is 0.407 e. The summed E-state index contributed by atoms with van der Waals surface area (Å²) in [6, 6.07) is 23.8. The number of amides is 2. The van der Waals surface area contributed by atoms with Gasteiger partial charge in [-0.25, -0.2) is 19.7 Å². The number of benzene rings is 2. The van der Waals surface area contributed by atoms with Gasteiger partial charge in [0.2, 0.25) is 5.91 Å². The first-order valence-corrected chi connectivity index (χ1v) is 11.2. The van der Waals surface area contributed by atoms with Gasteiger partial charge in [0.05, 0.1) is 0 Å². The molecule has 36 heavy (non-hydrogen) atoms. The van der Waals surface area contributed by atoms with E-state index >= 15 is 0 Å². The number of pyridine rings is 1. The van der Waals surface area contributed by atoms with Crippen molar-refractivity contribution in [2.75, 3.05) is 22.5 Å². The van der Waals surface area contributed by atoms with Crippen LogP contribution in [0.5, 0.6) is 0 Å². The molecule has 182 valence electrons. The van der Waals surface area contributed by atoms with Gasteiger partial charge in [0, 0.05) is 23.6 Å². The Morgan fingerprint density at radius 1 is 0.806 bits per heavy atom. The molecule has 0 fully saturated rings. The molecule has 2 aromatic carbocycles. The third-order valence-corrected chi connectivity index (χ3v) is 4.81. The van der Waals surface area contributed by atoms with Gasteiger partial charge in [0.25, 0.3) is 0 Å². The minimum atomic E-state index is -0.661. The van der Waals surface area contributed by atoms with Crippen LogP contribution in [-0.4, -0.2) is 33.5 Å². The molecule has 4 N–H and O–H groups in total. The highest BCUT2D eigenvalue weighted by Crippen LogP contribution is 2.21. The van der Waals surface area contributed by atoms with E-state index in [0.717, 1.165) is 11.3 Å². The third-order valence-electron chi connectivity index (χ3n) is 4.81. The summed E-state index contributed by atoms with van der Waals surface area (Å²) in [5.74, 6) is 2.13. The van der Waals surface area contributed by atoms with Gasteiger partial charge in [0.1, 0.15) is 36.4 Å². The second kappa shape index (κ2) is 11.9. The molecule has 2 amide bonds. The van der Waals surface area contributed by atoms with E-state index < -0.39 is 6.09 Å². The number of alkyl carbamates (subject to hydrolysis) is 1. The Hall–Kier alpha value is -4.99.